The van der Waals surface area contributed by atoms with Gasteiger partial charge in [0.15, 0.2) is 0 Å². The SMILES string of the molecule is O=C(c1cccnc1N1CC2OCCN(Cc3ccccc3)C2C1)N1CCCCC1. The number of fused-ring (bicyclic) bond motifs is 1. The van der Waals surface area contributed by atoms with E-state index >= 15 is 0 Å². The number of aromatic nitrogens is 1. The van der Waals surface area contributed by atoms with E-state index in [2.05, 4.69) is 45.1 Å². The highest BCUT2D eigenvalue weighted by Crippen LogP contribution is 2.30. The van der Waals surface area contributed by atoms with Crippen LogP contribution in [0.3, 0.4) is 0 Å². The van der Waals surface area contributed by atoms with Crippen molar-refractivity contribution < 1.29 is 9.53 Å². The first-order valence-electron chi connectivity index (χ1n) is 11.2. The summed E-state index contributed by atoms with van der Waals surface area (Å²) >= 11 is 0. The lowest BCUT2D eigenvalue weighted by molar-refractivity contribution is -0.0499. The lowest BCUT2D eigenvalue weighted by Gasteiger charge is -2.36. The number of pyridine rings is 1. The van der Waals surface area contributed by atoms with Crippen LogP contribution < -0.4 is 4.90 Å². The molecule has 2 atom stereocenters. The fourth-order valence-corrected chi connectivity index (χ4v) is 5.03. The Morgan fingerprint density at radius 2 is 1.83 bits per heavy atom. The average molecular weight is 407 g/mol. The maximum atomic E-state index is 13.2. The maximum Gasteiger partial charge on any atom is 0.257 e. The summed E-state index contributed by atoms with van der Waals surface area (Å²) in [6, 6.07) is 14.8. The molecule has 2 unspecified atom stereocenters. The number of nitrogens with zero attached hydrogens (tertiary/aromatic N) is 4. The number of hydrogen-bond acceptors (Lipinski definition) is 5. The largest absolute Gasteiger partial charge is 0.373 e. The number of carbonyl (C=O) groups excluding carboxylic acids is 1. The third-order valence-electron chi connectivity index (χ3n) is 6.60. The van der Waals surface area contributed by atoms with Gasteiger partial charge in [-0.25, -0.2) is 4.98 Å². The van der Waals surface area contributed by atoms with E-state index < -0.39 is 0 Å². The first-order chi connectivity index (χ1) is 14.8. The Morgan fingerprint density at radius 3 is 2.67 bits per heavy atom. The third kappa shape index (κ3) is 3.94. The third-order valence-corrected chi connectivity index (χ3v) is 6.60. The molecule has 3 aliphatic rings. The summed E-state index contributed by atoms with van der Waals surface area (Å²) < 4.78 is 6.13. The minimum Gasteiger partial charge on any atom is -0.373 e. The summed E-state index contributed by atoms with van der Waals surface area (Å²) in [7, 11) is 0. The zero-order chi connectivity index (χ0) is 20.3. The molecular formula is C24H30N4O2. The lowest BCUT2D eigenvalue weighted by Crippen LogP contribution is -2.50. The van der Waals surface area contributed by atoms with Crippen LogP contribution in [0.1, 0.15) is 35.2 Å². The average Bonchev–Trinajstić information content (AvgIpc) is 3.25. The van der Waals surface area contributed by atoms with Gasteiger partial charge in [-0.2, -0.15) is 0 Å². The summed E-state index contributed by atoms with van der Waals surface area (Å²) in [5, 5.41) is 0. The van der Waals surface area contributed by atoms with Gasteiger partial charge in [0, 0.05) is 45.5 Å². The Labute approximate surface area is 178 Å². The van der Waals surface area contributed by atoms with Crippen LogP contribution in [0.25, 0.3) is 0 Å². The Balaban J connectivity index is 1.34. The molecule has 3 saturated heterocycles. The minimum atomic E-state index is 0.120. The highest BCUT2D eigenvalue weighted by molar-refractivity contribution is 5.99. The van der Waals surface area contributed by atoms with Crippen LogP contribution in [0.5, 0.6) is 0 Å². The first-order valence-corrected chi connectivity index (χ1v) is 11.2. The molecule has 0 radical (unpaired) electrons. The molecule has 0 aliphatic carbocycles. The van der Waals surface area contributed by atoms with Crippen molar-refractivity contribution in [3.63, 3.8) is 0 Å². The highest BCUT2D eigenvalue weighted by Gasteiger charge is 2.41. The zero-order valence-electron chi connectivity index (χ0n) is 17.4. The molecule has 5 rings (SSSR count). The fourth-order valence-electron chi connectivity index (χ4n) is 5.03. The Hall–Kier alpha value is -2.44. The van der Waals surface area contributed by atoms with E-state index in [-0.39, 0.29) is 12.0 Å². The van der Waals surface area contributed by atoms with Gasteiger partial charge in [0.1, 0.15) is 5.82 Å². The molecule has 4 heterocycles. The topological polar surface area (TPSA) is 48.9 Å². The molecule has 0 bridgehead atoms. The molecule has 6 heteroatoms. The second-order valence-electron chi connectivity index (χ2n) is 8.57. The van der Waals surface area contributed by atoms with Gasteiger partial charge in [-0.3, -0.25) is 9.69 Å². The van der Waals surface area contributed by atoms with Gasteiger partial charge in [-0.05, 0) is 37.0 Å². The van der Waals surface area contributed by atoms with E-state index in [1.807, 2.05) is 17.0 Å². The van der Waals surface area contributed by atoms with E-state index in [1.165, 1.54) is 12.0 Å². The Morgan fingerprint density at radius 1 is 1.00 bits per heavy atom. The Kier molecular flexibility index (Phi) is 5.69. The van der Waals surface area contributed by atoms with Gasteiger partial charge in [0.05, 0.1) is 24.3 Å². The molecule has 0 N–H and O–H groups in total. The van der Waals surface area contributed by atoms with Crippen LogP contribution in [-0.4, -0.2) is 72.2 Å². The van der Waals surface area contributed by atoms with Crippen LogP contribution in [0.2, 0.25) is 0 Å². The van der Waals surface area contributed by atoms with Crippen molar-refractivity contribution in [2.45, 2.75) is 38.0 Å². The second-order valence-corrected chi connectivity index (χ2v) is 8.57. The standard InChI is InChI=1S/C24H30N4O2/c29-24(26-12-5-2-6-13-26)20-10-7-11-25-23(20)28-17-21-22(18-28)30-15-14-27(21)16-19-8-3-1-4-9-19/h1,3-4,7-11,21-22H,2,5-6,12-18H2. The predicted octanol–water partition coefficient (Wildman–Crippen LogP) is 2.80. The zero-order valence-corrected chi connectivity index (χ0v) is 17.4. The molecular weight excluding hydrogens is 376 g/mol. The summed E-state index contributed by atoms with van der Waals surface area (Å²) in [6.45, 7) is 5.96. The van der Waals surface area contributed by atoms with Crippen LogP contribution in [0.4, 0.5) is 5.82 Å². The number of rotatable bonds is 4. The lowest BCUT2D eigenvalue weighted by atomic mass is 10.1. The highest BCUT2D eigenvalue weighted by atomic mass is 16.5. The molecule has 0 spiro atoms. The van der Waals surface area contributed by atoms with E-state index in [4.69, 9.17) is 4.74 Å². The van der Waals surface area contributed by atoms with Crippen molar-refractivity contribution in [2.75, 3.05) is 44.2 Å². The van der Waals surface area contributed by atoms with Crippen LogP contribution in [0.15, 0.2) is 48.7 Å². The second kappa shape index (κ2) is 8.74. The minimum absolute atomic E-state index is 0.120. The smallest absolute Gasteiger partial charge is 0.257 e. The maximum absolute atomic E-state index is 13.2. The van der Waals surface area contributed by atoms with Gasteiger partial charge < -0.3 is 14.5 Å². The number of amides is 1. The molecule has 158 valence electrons. The molecule has 3 aliphatic heterocycles. The molecule has 6 nitrogen and oxygen atoms in total. The number of anilines is 1. The number of likely N-dealkylation sites (tertiary alicyclic amines) is 1. The molecule has 1 aromatic heterocycles. The van der Waals surface area contributed by atoms with Crippen molar-refractivity contribution in [1.29, 1.82) is 0 Å². The number of carbonyl (C=O) groups is 1. The van der Waals surface area contributed by atoms with E-state index in [9.17, 15) is 4.79 Å². The predicted molar refractivity (Wildman–Crippen MR) is 117 cm³/mol. The summed E-state index contributed by atoms with van der Waals surface area (Å²) in [5.41, 5.74) is 2.06. The fraction of sp³-hybridized carbons (Fsp3) is 0.500. The number of hydrogen-bond donors (Lipinski definition) is 0. The van der Waals surface area contributed by atoms with Crippen LogP contribution in [-0.2, 0) is 11.3 Å². The monoisotopic (exact) mass is 406 g/mol. The first kappa shape index (κ1) is 19.5. The summed E-state index contributed by atoms with van der Waals surface area (Å²) in [6.07, 6.45) is 5.36. The van der Waals surface area contributed by atoms with Crippen molar-refractivity contribution in [3.05, 3.63) is 59.8 Å². The summed E-state index contributed by atoms with van der Waals surface area (Å²) in [5.74, 6) is 0.931. The number of benzene rings is 1. The number of morpholine rings is 1. The summed E-state index contributed by atoms with van der Waals surface area (Å²) in [4.78, 5) is 24.6. The molecule has 1 amide bonds. The molecule has 2 aromatic rings. The van der Waals surface area contributed by atoms with Crippen molar-refractivity contribution in [3.8, 4) is 0 Å². The van der Waals surface area contributed by atoms with Crippen LogP contribution in [0, 0.1) is 0 Å². The molecule has 30 heavy (non-hydrogen) atoms. The van der Waals surface area contributed by atoms with Gasteiger partial charge in [0.25, 0.3) is 5.91 Å². The van der Waals surface area contributed by atoms with E-state index in [1.54, 1.807) is 6.20 Å². The van der Waals surface area contributed by atoms with Gasteiger partial charge in [-0.1, -0.05) is 30.3 Å². The van der Waals surface area contributed by atoms with Gasteiger partial charge in [-0.15, -0.1) is 0 Å². The van der Waals surface area contributed by atoms with E-state index in [0.29, 0.717) is 6.04 Å². The molecule has 3 fully saturated rings. The van der Waals surface area contributed by atoms with E-state index in [0.717, 1.165) is 70.1 Å². The van der Waals surface area contributed by atoms with Crippen molar-refractivity contribution in [1.82, 2.24) is 14.8 Å². The quantitative estimate of drug-likeness (QED) is 0.782. The Bertz CT molecular complexity index is 869. The van der Waals surface area contributed by atoms with Crippen molar-refractivity contribution >= 4 is 11.7 Å². The number of piperidine rings is 1. The normalized spacial score (nSPS) is 24.7. The van der Waals surface area contributed by atoms with Crippen molar-refractivity contribution in [2.24, 2.45) is 0 Å². The molecule has 0 saturated carbocycles. The molecule has 1 aromatic carbocycles. The van der Waals surface area contributed by atoms with Gasteiger partial charge in [0.2, 0.25) is 0 Å². The van der Waals surface area contributed by atoms with Gasteiger partial charge >= 0.3 is 0 Å². The number of ether oxygens (including phenoxy) is 1. The van der Waals surface area contributed by atoms with Crippen LogP contribution >= 0.6 is 0 Å².